The molecule has 0 rings (SSSR count). The smallest absolute Gasteiger partial charge is 0.126 e. The highest BCUT2D eigenvalue weighted by atomic mass is 16.5. The van der Waals surface area contributed by atoms with Gasteiger partial charge in [0.2, 0.25) is 0 Å². The van der Waals surface area contributed by atoms with Gasteiger partial charge in [0.1, 0.15) is 12.6 Å². The van der Waals surface area contributed by atoms with E-state index in [4.69, 9.17) is 4.74 Å². The van der Waals surface area contributed by atoms with Gasteiger partial charge in [-0.3, -0.25) is 0 Å². The lowest BCUT2D eigenvalue weighted by Gasteiger charge is -2.26. The van der Waals surface area contributed by atoms with Crippen molar-refractivity contribution < 1.29 is 14.3 Å². The van der Waals surface area contributed by atoms with Crippen LogP contribution in [0.15, 0.2) is 0 Å². The van der Waals surface area contributed by atoms with E-state index in [1.54, 1.807) is 0 Å². The van der Waals surface area contributed by atoms with Crippen molar-refractivity contribution in [3.05, 3.63) is 0 Å². The highest BCUT2D eigenvalue weighted by molar-refractivity contribution is 4.51. The fourth-order valence-electron chi connectivity index (χ4n) is 1.54. The number of likely N-dealkylation sites (N-methyl/N-ethyl adjacent to an activating group) is 1. The molecule has 1 unspecified atom stereocenters. The summed E-state index contributed by atoms with van der Waals surface area (Å²) in [5.74, 6) is 0. The first-order chi connectivity index (χ1) is 6.95. The van der Waals surface area contributed by atoms with Gasteiger partial charge in [-0.25, -0.2) is 0 Å². The van der Waals surface area contributed by atoms with Crippen LogP contribution in [0.3, 0.4) is 0 Å². The molecule has 3 heteroatoms. The van der Waals surface area contributed by atoms with Crippen LogP contribution in [-0.4, -0.2) is 56.6 Å². The predicted molar refractivity (Wildman–Crippen MR) is 63.9 cm³/mol. The average molecular weight is 218 g/mol. The second kappa shape index (κ2) is 8.08. The first kappa shape index (κ1) is 14.9. The molecule has 0 bridgehead atoms. The highest BCUT2D eigenvalue weighted by Gasteiger charge is 2.14. The maximum Gasteiger partial charge on any atom is 0.126 e. The minimum atomic E-state index is -0.337. The summed E-state index contributed by atoms with van der Waals surface area (Å²) in [5.41, 5.74) is 0. The van der Waals surface area contributed by atoms with Crippen molar-refractivity contribution in [2.45, 2.75) is 38.7 Å². The molecule has 1 atom stereocenters. The third-order valence-electron chi connectivity index (χ3n) is 2.21. The van der Waals surface area contributed by atoms with Crippen LogP contribution < -0.4 is 0 Å². The molecule has 0 amide bonds. The van der Waals surface area contributed by atoms with E-state index < -0.39 is 0 Å². The number of aliphatic hydroxyl groups is 1. The molecule has 3 nitrogen and oxygen atoms in total. The predicted octanol–water partition coefficient (Wildman–Crippen LogP) is 1.65. The van der Waals surface area contributed by atoms with E-state index in [1.165, 1.54) is 19.3 Å². The van der Waals surface area contributed by atoms with Crippen LogP contribution in [0.5, 0.6) is 0 Å². The molecular formula is C12H28NO2+. The minimum absolute atomic E-state index is 0.337. The molecule has 1 N–H and O–H groups in total. The second-order valence-corrected chi connectivity index (χ2v) is 5.26. The SMILES string of the molecule is CCCCCCOCC(O)C[N+](C)(C)C. The Morgan fingerprint density at radius 2 is 1.80 bits per heavy atom. The largest absolute Gasteiger partial charge is 0.385 e. The van der Waals surface area contributed by atoms with Gasteiger partial charge in [0.15, 0.2) is 0 Å². The van der Waals surface area contributed by atoms with E-state index in [1.807, 2.05) is 0 Å². The molecule has 92 valence electrons. The third kappa shape index (κ3) is 11.8. The summed E-state index contributed by atoms with van der Waals surface area (Å²) in [6.07, 6.45) is 4.55. The molecule has 0 spiro atoms. The number of rotatable bonds is 9. The van der Waals surface area contributed by atoms with Crippen molar-refractivity contribution in [1.29, 1.82) is 0 Å². The first-order valence-electron chi connectivity index (χ1n) is 6.02. The lowest BCUT2D eigenvalue weighted by molar-refractivity contribution is -0.873. The Labute approximate surface area is 94.6 Å². The monoisotopic (exact) mass is 218 g/mol. The second-order valence-electron chi connectivity index (χ2n) is 5.26. The van der Waals surface area contributed by atoms with E-state index in [0.717, 1.165) is 24.1 Å². The van der Waals surface area contributed by atoms with Crippen LogP contribution in [0.1, 0.15) is 32.6 Å². The molecule has 0 aliphatic carbocycles. The van der Waals surface area contributed by atoms with Crippen molar-refractivity contribution in [3.63, 3.8) is 0 Å². The van der Waals surface area contributed by atoms with Gasteiger partial charge < -0.3 is 14.3 Å². The summed E-state index contributed by atoms with van der Waals surface area (Å²) in [7, 11) is 6.22. The number of quaternary nitrogens is 1. The zero-order valence-electron chi connectivity index (χ0n) is 10.8. The van der Waals surface area contributed by atoms with E-state index in [0.29, 0.717) is 6.61 Å². The van der Waals surface area contributed by atoms with Crippen molar-refractivity contribution in [3.8, 4) is 0 Å². The molecule has 0 aromatic carbocycles. The molecule has 0 aromatic rings. The molecular weight excluding hydrogens is 190 g/mol. The normalized spacial score (nSPS) is 14.2. The van der Waals surface area contributed by atoms with Crippen LogP contribution in [-0.2, 0) is 4.74 Å². The Bertz CT molecular complexity index is 143. The van der Waals surface area contributed by atoms with Crippen molar-refractivity contribution in [2.24, 2.45) is 0 Å². The molecule has 0 aromatic heterocycles. The lowest BCUT2D eigenvalue weighted by Crippen LogP contribution is -2.43. The molecule has 0 heterocycles. The molecule has 15 heavy (non-hydrogen) atoms. The summed E-state index contributed by atoms with van der Waals surface area (Å²) in [6, 6.07) is 0. The minimum Gasteiger partial charge on any atom is -0.385 e. The van der Waals surface area contributed by atoms with E-state index >= 15 is 0 Å². The van der Waals surface area contributed by atoms with Crippen LogP contribution >= 0.6 is 0 Å². The Morgan fingerprint density at radius 3 is 2.33 bits per heavy atom. The number of nitrogens with zero attached hydrogens (tertiary/aromatic N) is 1. The zero-order valence-corrected chi connectivity index (χ0v) is 10.8. The van der Waals surface area contributed by atoms with Gasteiger partial charge in [-0.05, 0) is 6.42 Å². The van der Waals surface area contributed by atoms with Crippen molar-refractivity contribution in [1.82, 2.24) is 0 Å². The van der Waals surface area contributed by atoms with Gasteiger partial charge in [0, 0.05) is 6.61 Å². The van der Waals surface area contributed by atoms with E-state index in [2.05, 4.69) is 28.1 Å². The first-order valence-corrected chi connectivity index (χ1v) is 6.02. The summed E-state index contributed by atoms with van der Waals surface area (Å²) in [5, 5.41) is 9.65. The average Bonchev–Trinajstić information content (AvgIpc) is 2.08. The van der Waals surface area contributed by atoms with Gasteiger partial charge in [-0.2, -0.15) is 0 Å². The van der Waals surface area contributed by atoms with Gasteiger partial charge in [0.05, 0.1) is 27.7 Å². The highest BCUT2D eigenvalue weighted by Crippen LogP contribution is 2.00. The van der Waals surface area contributed by atoms with Gasteiger partial charge in [-0.1, -0.05) is 26.2 Å². The summed E-state index contributed by atoms with van der Waals surface area (Å²) >= 11 is 0. The molecule has 0 aliphatic rings. The number of ether oxygens (including phenoxy) is 1. The Balaban J connectivity index is 3.28. The number of aliphatic hydroxyl groups excluding tert-OH is 1. The molecule has 0 saturated carbocycles. The van der Waals surface area contributed by atoms with Gasteiger partial charge >= 0.3 is 0 Å². The van der Waals surface area contributed by atoms with Crippen molar-refractivity contribution >= 4 is 0 Å². The Hall–Kier alpha value is -0.120. The van der Waals surface area contributed by atoms with E-state index in [-0.39, 0.29) is 6.10 Å². The van der Waals surface area contributed by atoms with Gasteiger partial charge in [0.25, 0.3) is 0 Å². The standard InChI is InChI=1S/C12H28NO2/c1-5-6-7-8-9-15-11-12(14)10-13(2,3)4/h12,14H,5-11H2,1-4H3/q+1. The van der Waals surface area contributed by atoms with Crippen LogP contribution in [0.4, 0.5) is 0 Å². The zero-order chi connectivity index (χ0) is 11.7. The van der Waals surface area contributed by atoms with Crippen LogP contribution in [0.2, 0.25) is 0 Å². The Kier molecular flexibility index (Phi) is 8.02. The van der Waals surface area contributed by atoms with Crippen LogP contribution in [0, 0.1) is 0 Å². The Morgan fingerprint density at radius 1 is 1.13 bits per heavy atom. The molecule has 0 radical (unpaired) electrons. The van der Waals surface area contributed by atoms with E-state index in [9.17, 15) is 5.11 Å². The van der Waals surface area contributed by atoms with Gasteiger partial charge in [-0.15, -0.1) is 0 Å². The fraction of sp³-hybridized carbons (Fsp3) is 1.00. The molecule has 0 aliphatic heterocycles. The number of hydrogen-bond acceptors (Lipinski definition) is 2. The molecule has 0 saturated heterocycles. The topological polar surface area (TPSA) is 29.5 Å². The molecule has 0 fully saturated rings. The summed E-state index contributed by atoms with van der Waals surface area (Å²) < 4.78 is 6.21. The lowest BCUT2D eigenvalue weighted by atomic mass is 10.2. The maximum absolute atomic E-state index is 9.65. The summed E-state index contributed by atoms with van der Waals surface area (Å²) in [6.45, 7) is 4.21. The van der Waals surface area contributed by atoms with Crippen molar-refractivity contribution in [2.75, 3.05) is 40.9 Å². The number of unbranched alkanes of at least 4 members (excludes halogenated alkanes) is 3. The van der Waals surface area contributed by atoms with Crippen LogP contribution in [0.25, 0.3) is 0 Å². The maximum atomic E-state index is 9.65. The third-order valence-corrected chi connectivity index (χ3v) is 2.21. The summed E-state index contributed by atoms with van der Waals surface area (Å²) in [4.78, 5) is 0. The number of hydrogen-bond donors (Lipinski definition) is 1. The fourth-order valence-corrected chi connectivity index (χ4v) is 1.54. The quantitative estimate of drug-likeness (QED) is 0.471.